The number of nitrogens with zero attached hydrogens (tertiary/aromatic N) is 3. The standard InChI is InChI=1S/C21H22N4O2S/c1-15-8-9-18(12-16(15)2)25(21(27)19-14-28-24-23-19)13-20(26)22-11-10-17-6-4-3-5-7-17/h3-9,12,14H,10-11,13H2,1-2H3,(H,22,26). The number of benzene rings is 2. The van der Waals surface area contributed by atoms with Crippen LogP contribution in [0.2, 0.25) is 0 Å². The van der Waals surface area contributed by atoms with Crippen LogP contribution >= 0.6 is 11.5 Å². The zero-order valence-corrected chi connectivity index (χ0v) is 16.7. The first kappa shape index (κ1) is 19.7. The minimum absolute atomic E-state index is 0.0757. The summed E-state index contributed by atoms with van der Waals surface area (Å²) in [6.07, 6.45) is 0.736. The fraction of sp³-hybridized carbons (Fsp3) is 0.238. The van der Waals surface area contributed by atoms with Gasteiger partial charge >= 0.3 is 0 Å². The van der Waals surface area contributed by atoms with Gasteiger partial charge in [-0.25, -0.2) is 0 Å². The van der Waals surface area contributed by atoms with Gasteiger partial charge in [0.2, 0.25) is 5.91 Å². The van der Waals surface area contributed by atoms with Crippen LogP contribution in [-0.4, -0.2) is 34.5 Å². The maximum absolute atomic E-state index is 12.9. The van der Waals surface area contributed by atoms with Crippen LogP contribution in [0, 0.1) is 13.8 Å². The van der Waals surface area contributed by atoms with Crippen molar-refractivity contribution >= 4 is 29.0 Å². The smallest absolute Gasteiger partial charge is 0.280 e. The predicted molar refractivity (Wildman–Crippen MR) is 111 cm³/mol. The number of amides is 2. The van der Waals surface area contributed by atoms with Crippen molar-refractivity contribution in [3.05, 3.63) is 76.3 Å². The van der Waals surface area contributed by atoms with Gasteiger partial charge in [-0.05, 0) is 60.6 Å². The minimum atomic E-state index is -0.338. The van der Waals surface area contributed by atoms with Crippen LogP contribution < -0.4 is 10.2 Å². The first-order valence-corrected chi connectivity index (χ1v) is 9.85. The van der Waals surface area contributed by atoms with Crippen molar-refractivity contribution in [3.8, 4) is 0 Å². The molecule has 0 fully saturated rings. The van der Waals surface area contributed by atoms with E-state index in [9.17, 15) is 9.59 Å². The molecule has 2 amide bonds. The monoisotopic (exact) mass is 394 g/mol. The summed E-state index contributed by atoms with van der Waals surface area (Å²) < 4.78 is 3.76. The first-order valence-electron chi connectivity index (χ1n) is 9.01. The highest BCUT2D eigenvalue weighted by Crippen LogP contribution is 2.20. The average molecular weight is 395 g/mol. The molecular weight excluding hydrogens is 372 g/mol. The average Bonchev–Trinajstić information content (AvgIpc) is 3.23. The highest BCUT2D eigenvalue weighted by Gasteiger charge is 2.23. The molecule has 0 atom stereocenters. The summed E-state index contributed by atoms with van der Waals surface area (Å²) in [5.74, 6) is -0.555. The summed E-state index contributed by atoms with van der Waals surface area (Å²) in [5.41, 5.74) is 4.23. The van der Waals surface area contributed by atoms with E-state index < -0.39 is 0 Å². The van der Waals surface area contributed by atoms with Gasteiger partial charge in [-0.1, -0.05) is 40.9 Å². The molecule has 0 aliphatic rings. The number of hydrogen-bond donors (Lipinski definition) is 1. The van der Waals surface area contributed by atoms with Gasteiger partial charge < -0.3 is 5.32 Å². The maximum Gasteiger partial charge on any atom is 0.280 e. The van der Waals surface area contributed by atoms with Crippen LogP contribution in [0.5, 0.6) is 0 Å². The summed E-state index contributed by atoms with van der Waals surface area (Å²) in [6, 6.07) is 15.6. The zero-order valence-electron chi connectivity index (χ0n) is 15.9. The van der Waals surface area contributed by atoms with Crippen LogP contribution in [-0.2, 0) is 11.2 Å². The molecular formula is C21H22N4O2S. The minimum Gasteiger partial charge on any atom is -0.354 e. The van der Waals surface area contributed by atoms with Crippen LogP contribution in [0.15, 0.2) is 53.9 Å². The van der Waals surface area contributed by atoms with E-state index >= 15 is 0 Å². The van der Waals surface area contributed by atoms with E-state index in [1.165, 1.54) is 4.90 Å². The van der Waals surface area contributed by atoms with E-state index in [1.54, 1.807) is 5.38 Å². The molecule has 2 aromatic carbocycles. The van der Waals surface area contributed by atoms with Crippen LogP contribution in [0.3, 0.4) is 0 Å². The van der Waals surface area contributed by atoms with Crippen molar-refractivity contribution < 1.29 is 9.59 Å². The van der Waals surface area contributed by atoms with E-state index in [1.807, 2.05) is 62.4 Å². The topological polar surface area (TPSA) is 75.2 Å². The van der Waals surface area contributed by atoms with E-state index in [0.717, 1.165) is 34.6 Å². The van der Waals surface area contributed by atoms with Crippen molar-refractivity contribution in [2.45, 2.75) is 20.3 Å². The quantitative estimate of drug-likeness (QED) is 0.668. The third-order valence-corrected chi connectivity index (χ3v) is 5.01. The van der Waals surface area contributed by atoms with Gasteiger partial charge in [0.25, 0.3) is 5.91 Å². The van der Waals surface area contributed by atoms with Gasteiger partial charge in [0.1, 0.15) is 6.54 Å². The zero-order chi connectivity index (χ0) is 19.9. The van der Waals surface area contributed by atoms with Gasteiger partial charge in [0, 0.05) is 17.6 Å². The molecule has 144 valence electrons. The van der Waals surface area contributed by atoms with Gasteiger partial charge in [0.15, 0.2) is 5.69 Å². The molecule has 6 nitrogen and oxygen atoms in total. The molecule has 0 aliphatic carbocycles. The lowest BCUT2D eigenvalue weighted by Gasteiger charge is -2.22. The van der Waals surface area contributed by atoms with Crippen LogP contribution in [0.4, 0.5) is 5.69 Å². The summed E-state index contributed by atoms with van der Waals surface area (Å²) in [6.45, 7) is 4.42. The van der Waals surface area contributed by atoms with E-state index in [-0.39, 0.29) is 24.1 Å². The molecule has 7 heteroatoms. The van der Waals surface area contributed by atoms with Crippen molar-refractivity contribution in [2.24, 2.45) is 0 Å². The third-order valence-electron chi connectivity index (χ3n) is 4.51. The molecule has 0 radical (unpaired) electrons. The molecule has 0 bridgehead atoms. The Kier molecular flexibility index (Phi) is 6.49. The Morgan fingerprint density at radius 2 is 1.86 bits per heavy atom. The summed E-state index contributed by atoms with van der Waals surface area (Å²) in [5, 5.41) is 8.34. The Labute approximate surface area is 168 Å². The molecule has 0 saturated heterocycles. The fourth-order valence-electron chi connectivity index (χ4n) is 2.76. The van der Waals surface area contributed by atoms with Gasteiger partial charge in [-0.2, -0.15) is 0 Å². The number of carbonyl (C=O) groups is 2. The fourth-order valence-corrected chi connectivity index (χ4v) is 3.19. The Hall–Kier alpha value is -3.06. The predicted octanol–water partition coefficient (Wildman–Crippen LogP) is 3.16. The van der Waals surface area contributed by atoms with Crippen LogP contribution in [0.25, 0.3) is 0 Å². The number of carbonyl (C=O) groups excluding carboxylic acids is 2. The SMILES string of the molecule is Cc1ccc(N(CC(=O)NCCc2ccccc2)C(=O)c2csnn2)cc1C. The first-order chi connectivity index (χ1) is 13.5. The number of anilines is 1. The van der Waals surface area contributed by atoms with Crippen molar-refractivity contribution in [2.75, 3.05) is 18.0 Å². The molecule has 0 spiro atoms. The number of aryl methyl sites for hydroxylation is 2. The van der Waals surface area contributed by atoms with Crippen molar-refractivity contribution in [3.63, 3.8) is 0 Å². The van der Waals surface area contributed by atoms with Crippen LogP contribution in [0.1, 0.15) is 27.2 Å². The second kappa shape index (κ2) is 9.23. The lowest BCUT2D eigenvalue weighted by Crippen LogP contribution is -2.41. The van der Waals surface area contributed by atoms with E-state index in [4.69, 9.17) is 0 Å². The molecule has 0 aliphatic heterocycles. The molecule has 3 rings (SSSR count). The largest absolute Gasteiger partial charge is 0.354 e. The highest BCUT2D eigenvalue weighted by atomic mass is 32.1. The van der Waals surface area contributed by atoms with E-state index in [2.05, 4.69) is 14.9 Å². The molecule has 0 unspecified atom stereocenters. The third kappa shape index (κ3) is 5.01. The van der Waals surface area contributed by atoms with Gasteiger partial charge in [-0.15, -0.1) is 5.10 Å². The molecule has 3 aromatic rings. The second-order valence-electron chi connectivity index (χ2n) is 6.54. The van der Waals surface area contributed by atoms with Crippen molar-refractivity contribution in [1.82, 2.24) is 14.9 Å². The Morgan fingerprint density at radius 1 is 1.07 bits per heavy atom. The Morgan fingerprint density at radius 3 is 2.54 bits per heavy atom. The van der Waals surface area contributed by atoms with E-state index in [0.29, 0.717) is 12.2 Å². The van der Waals surface area contributed by atoms with Gasteiger partial charge in [-0.3, -0.25) is 14.5 Å². The molecule has 1 aromatic heterocycles. The number of nitrogens with one attached hydrogen (secondary N) is 1. The summed E-state index contributed by atoms with van der Waals surface area (Å²) in [7, 11) is 0. The molecule has 1 heterocycles. The maximum atomic E-state index is 12.9. The molecule has 28 heavy (non-hydrogen) atoms. The summed E-state index contributed by atoms with van der Waals surface area (Å²) in [4.78, 5) is 26.8. The number of rotatable bonds is 7. The molecule has 1 N–H and O–H groups in total. The number of aromatic nitrogens is 2. The Balaban J connectivity index is 1.70. The van der Waals surface area contributed by atoms with Crippen molar-refractivity contribution in [1.29, 1.82) is 0 Å². The Bertz CT molecular complexity index is 942. The molecule has 0 saturated carbocycles. The lowest BCUT2D eigenvalue weighted by molar-refractivity contribution is -0.119. The van der Waals surface area contributed by atoms with Gasteiger partial charge in [0.05, 0.1) is 0 Å². The normalized spacial score (nSPS) is 10.5. The lowest BCUT2D eigenvalue weighted by atomic mass is 10.1. The summed E-state index contributed by atoms with van der Waals surface area (Å²) >= 11 is 1.11. The second-order valence-corrected chi connectivity index (χ2v) is 7.15. The highest BCUT2D eigenvalue weighted by molar-refractivity contribution is 7.03. The number of hydrogen-bond acceptors (Lipinski definition) is 5.